The van der Waals surface area contributed by atoms with Crippen molar-refractivity contribution in [1.82, 2.24) is 0 Å². The van der Waals surface area contributed by atoms with E-state index in [1.165, 1.54) is 25.2 Å². The highest BCUT2D eigenvalue weighted by Crippen LogP contribution is 2.29. The van der Waals surface area contributed by atoms with Crippen molar-refractivity contribution >= 4 is 35.2 Å². The van der Waals surface area contributed by atoms with Crippen LogP contribution in [0.4, 0.5) is 11.4 Å². The quantitative estimate of drug-likeness (QED) is 0.595. The molecule has 0 atom stereocenters. The van der Waals surface area contributed by atoms with Gasteiger partial charge in [0.25, 0.3) is 5.91 Å². The SMILES string of the molecule is COc1ccc(/C=C/C(=O)OCC(=O)N2CC(=O)Nc3ccccc32)cc1OC. The molecule has 8 heteroatoms. The van der Waals surface area contributed by atoms with E-state index in [-0.39, 0.29) is 12.5 Å². The number of esters is 1. The van der Waals surface area contributed by atoms with Gasteiger partial charge in [0.2, 0.25) is 5.91 Å². The minimum absolute atomic E-state index is 0.130. The highest BCUT2D eigenvalue weighted by Gasteiger charge is 2.26. The van der Waals surface area contributed by atoms with Crippen LogP contribution in [-0.2, 0) is 19.1 Å². The van der Waals surface area contributed by atoms with Crippen LogP contribution in [-0.4, -0.2) is 45.2 Å². The normalized spacial score (nSPS) is 12.9. The molecule has 1 N–H and O–H groups in total. The van der Waals surface area contributed by atoms with Gasteiger partial charge in [0.15, 0.2) is 18.1 Å². The molecule has 2 aromatic carbocycles. The standard InChI is InChI=1S/C21H20N2O6/c1-27-17-9-7-14(11-18(17)28-2)8-10-21(26)29-13-20(25)23-12-19(24)22-15-5-3-4-6-16(15)23/h3-11H,12-13H2,1-2H3,(H,22,24)/b10-8+. The molecule has 1 aliphatic heterocycles. The molecule has 29 heavy (non-hydrogen) atoms. The molecule has 1 aliphatic rings. The number of fused-ring (bicyclic) bond motifs is 1. The van der Waals surface area contributed by atoms with E-state index in [4.69, 9.17) is 14.2 Å². The first kappa shape index (κ1) is 19.9. The van der Waals surface area contributed by atoms with E-state index >= 15 is 0 Å². The lowest BCUT2D eigenvalue weighted by molar-refractivity contribution is -0.143. The highest BCUT2D eigenvalue weighted by molar-refractivity contribution is 6.10. The molecule has 0 spiro atoms. The third-order valence-electron chi connectivity index (χ3n) is 4.23. The third kappa shape index (κ3) is 4.73. The molecule has 0 saturated heterocycles. The number of amides is 2. The monoisotopic (exact) mass is 396 g/mol. The summed E-state index contributed by atoms with van der Waals surface area (Å²) in [5.74, 6) is -0.372. The number of methoxy groups -OCH3 is 2. The Morgan fingerprint density at radius 2 is 1.86 bits per heavy atom. The van der Waals surface area contributed by atoms with Crippen LogP contribution in [0.3, 0.4) is 0 Å². The van der Waals surface area contributed by atoms with Gasteiger partial charge in [0.1, 0.15) is 6.54 Å². The van der Waals surface area contributed by atoms with E-state index in [1.54, 1.807) is 48.5 Å². The molecule has 3 rings (SSSR count). The lowest BCUT2D eigenvalue weighted by Gasteiger charge is -2.28. The van der Waals surface area contributed by atoms with Gasteiger partial charge in [0.05, 0.1) is 25.6 Å². The van der Waals surface area contributed by atoms with E-state index in [9.17, 15) is 14.4 Å². The molecule has 0 saturated carbocycles. The summed E-state index contributed by atoms with van der Waals surface area (Å²) in [6.07, 6.45) is 2.75. The average molecular weight is 396 g/mol. The number of nitrogens with zero attached hydrogens (tertiary/aromatic N) is 1. The first-order valence-electron chi connectivity index (χ1n) is 8.78. The maximum Gasteiger partial charge on any atom is 0.331 e. The van der Waals surface area contributed by atoms with Gasteiger partial charge in [-0.2, -0.15) is 0 Å². The van der Waals surface area contributed by atoms with Gasteiger partial charge in [-0.15, -0.1) is 0 Å². The van der Waals surface area contributed by atoms with Crippen molar-refractivity contribution in [3.8, 4) is 11.5 Å². The molecular formula is C21H20N2O6. The Hall–Kier alpha value is -3.81. The minimum Gasteiger partial charge on any atom is -0.493 e. The maximum absolute atomic E-state index is 12.5. The largest absolute Gasteiger partial charge is 0.493 e. The Morgan fingerprint density at radius 3 is 2.62 bits per heavy atom. The maximum atomic E-state index is 12.5. The van der Waals surface area contributed by atoms with E-state index in [2.05, 4.69) is 5.32 Å². The van der Waals surface area contributed by atoms with Crippen molar-refractivity contribution in [2.45, 2.75) is 0 Å². The zero-order valence-electron chi connectivity index (χ0n) is 16.0. The molecule has 0 aromatic heterocycles. The van der Waals surface area contributed by atoms with E-state index in [0.717, 1.165) is 0 Å². The fraction of sp³-hybridized carbons (Fsp3) is 0.190. The van der Waals surface area contributed by atoms with Crippen molar-refractivity contribution < 1.29 is 28.6 Å². The van der Waals surface area contributed by atoms with Crippen LogP contribution in [0.1, 0.15) is 5.56 Å². The van der Waals surface area contributed by atoms with Crippen LogP contribution in [0, 0.1) is 0 Å². The topological polar surface area (TPSA) is 94.2 Å². The van der Waals surface area contributed by atoms with Crippen molar-refractivity contribution in [2.24, 2.45) is 0 Å². The summed E-state index contributed by atoms with van der Waals surface area (Å²) >= 11 is 0. The Kier molecular flexibility index (Phi) is 6.13. The summed E-state index contributed by atoms with van der Waals surface area (Å²) in [4.78, 5) is 37.5. The Balaban J connectivity index is 1.60. The number of carbonyl (C=O) groups is 3. The summed E-state index contributed by atoms with van der Waals surface area (Å²) in [7, 11) is 3.05. The van der Waals surface area contributed by atoms with Crippen molar-refractivity contribution in [2.75, 3.05) is 37.6 Å². The van der Waals surface area contributed by atoms with Crippen molar-refractivity contribution in [3.05, 3.63) is 54.1 Å². The highest BCUT2D eigenvalue weighted by atomic mass is 16.5. The minimum atomic E-state index is -0.678. The summed E-state index contributed by atoms with van der Waals surface area (Å²) < 4.78 is 15.4. The number of anilines is 2. The predicted octanol–water partition coefficient (Wildman–Crippen LogP) is 2.25. The summed E-state index contributed by atoms with van der Waals surface area (Å²) in [5, 5.41) is 2.69. The molecule has 2 amide bonds. The number of ether oxygens (including phenoxy) is 3. The first-order chi connectivity index (χ1) is 14.0. The molecule has 0 unspecified atom stereocenters. The summed E-state index contributed by atoms with van der Waals surface area (Å²) in [5.41, 5.74) is 1.80. The number of hydrogen-bond donors (Lipinski definition) is 1. The van der Waals surface area contributed by atoms with Gasteiger partial charge in [-0.25, -0.2) is 4.79 Å². The molecule has 0 radical (unpaired) electrons. The summed E-state index contributed by atoms with van der Waals surface area (Å²) in [6, 6.07) is 12.1. The molecule has 0 fully saturated rings. The van der Waals surface area contributed by atoms with Crippen LogP contribution in [0.2, 0.25) is 0 Å². The molecule has 0 aliphatic carbocycles. The molecule has 8 nitrogen and oxygen atoms in total. The van der Waals surface area contributed by atoms with Gasteiger partial charge in [-0.3, -0.25) is 14.5 Å². The predicted molar refractivity (Wildman–Crippen MR) is 107 cm³/mol. The molecule has 1 heterocycles. The number of rotatable bonds is 6. The van der Waals surface area contributed by atoms with E-state index in [1.807, 2.05) is 0 Å². The average Bonchev–Trinajstić information content (AvgIpc) is 2.75. The zero-order chi connectivity index (χ0) is 20.8. The molecular weight excluding hydrogens is 376 g/mol. The van der Waals surface area contributed by atoms with Crippen molar-refractivity contribution in [3.63, 3.8) is 0 Å². The third-order valence-corrected chi connectivity index (χ3v) is 4.23. The smallest absolute Gasteiger partial charge is 0.331 e. The molecule has 150 valence electrons. The fourth-order valence-corrected chi connectivity index (χ4v) is 2.84. The first-order valence-corrected chi connectivity index (χ1v) is 8.78. The van der Waals surface area contributed by atoms with E-state index in [0.29, 0.717) is 28.4 Å². The van der Waals surface area contributed by atoms with Gasteiger partial charge >= 0.3 is 5.97 Å². The second-order valence-electron chi connectivity index (χ2n) is 6.10. The second-order valence-corrected chi connectivity index (χ2v) is 6.10. The Bertz CT molecular complexity index is 969. The molecule has 2 aromatic rings. The number of hydrogen-bond acceptors (Lipinski definition) is 6. The summed E-state index contributed by atoms with van der Waals surface area (Å²) in [6.45, 7) is -0.606. The Labute approximate surface area is 167 Å². The van der Waals surface area contributed by atoms with Crippen LogP contribution >= 0.6 is 0 Å². The Morgan fingerprint density at radius 1 is 1.10 bits per heavy atom. The van der Waals surface area contributed by atoms with Gasteiger partial charge in [-0.1, -0.05) is 18.2 Å². The number of nitrogens with one attached hydrogen (secondary N) is 1. The number of para-hydroxylation sites is 2. The zero-order valence-corrected chi connectivity index (χ0v) is 16.0. The van der Waals surface area contributed by atoms with Gasteiger partial charge in [-0.05, 0) is 35.9 Å². The fourth-order valence-electron chi connectivity index (χ4n) is 2.84. The lowest BCUT2D eigenvalue weighted by atomic mass is 10.2. The second kappa shape index (κ2) is 8.92. The van der Waals surface area contributed by atoms with Crippen LogP contribution in [0.25, 0.3) is 6.08 Å². The molecule has 0 bridgehead atoms. The number of carbonyl (C=O) groups excluding carboxylic acids is 3. The van der Waals surface area contributed by atoms with Crippen LogP contribution in [0.15, 0.2) is 48.5 Å². The van der Waals surface area contributed by atoms with Gasteiger partial charge < -0.3 is 19.5 Å². The van der Waals surface area contributed by atoms with Crippen molar-refractivity contribution in [1.29, 1.82) is 0 Å². The van der Waals surface area contributed by atoms with Crippen LogP contribution in [0.5, 0.6) is 11.5 Å². The van der Waals surface area contributed by atoms with E-state index < -0.39 is 18.5 Å². The number of benzene rings is 2. The lowest BCUT2D eigenvalue weighted by Crippen LogP contribution is -2.43. The van der Waals surface area contributed by atoms with Crippen LogP contribution < -0.4 is 19.7 Å². The van der Waals surface area contributed by atoms with Gasteiger partial charge in [0, 0.05) is 6.08 Å².